The maximum absolute atomic E-state index is 6.48. The van der Waals surface area contributed by atoms with E-state index in [1.807, 2.05) is 6.07 Å². The molecule has 4 heteroatoms. The number of fused-ring (bicyclic) bond motifs is 14. The number of nitrogens with zero attached hydrogens (tertiary/aromatic N) is 3. The Morgan fingerprint density at radius 1 is 0.369 bits per heavy atom. The van der Waals surface area contributed by atoms with Crippen LogP contribution in [0.4, 0.5) is 34.1 Å². The Kier molecular flexibility index (Phi) is 7.42. The smallest absolute Gasteiger partial charge is 0.137 e. The lowest BCUT2D eigenvalue weighted by atomic mass is 9.82. The zero-order valence-electron chi connectivity index (χ0n) is 36.0. The Hall–Kier alpha value is -8.34. The number of hydrogen-bond acceptors (Lipinski definition) is 3. The third kappa shape index (κ3) is 5.19. The standard InChI is InChI=1S/C61H41N3O/c1-61(2)53-31-28-43-35-51(53)52-36-44(29-32-54(52)61)63(57-25-12-22-50-47-20-5-7-23-56(47)64(60(50)57)55-24-11-14-38-13-3-4-19-46(38)55)42-18-10-16-40(34-42)39-15-9-17-41(33-39)62(43)45-27-30-49-48-21-6-8-26-58(48)65-59(49)37-45/h3-37H,1-2H3. The van der Waals surface area contributed by atoms with Gasteiger partial charge in [-0.15, -0.1) is 0 Å². The molecule has 3 heterocycles. The molecule has 0 unspecified atom stereocenters. The minimum atomic E-state index is -0.195. The molecule has 1 aliphatic heterocycles. The van der Waals surface area contributed by atoms with Crippen LogP contribution in [-0.2, 0) is 5.41 Å². The van der Waals surface area contributed by atoms with E-state index in [1.165, 1.54) is 54.8 Å². The lowest BCUT2D eigenvalue weighted by Crippen LogP contribution is -2.16. The second-order valence-corrected chi connectivity index (χ2v) is 18.2. The van der Waals surface area contributed by atoms with Crippen molar-refractivity contribution in [3.8, 4) is 27.9 Å². The van der Waals surface area contributed by atoms with Crippen LogP contribution in [-0.4, -0.2) is 4.57 Å². The molecule has 0 N–H and O–H groups in total. The van der Waals surface area contributed by atoms with Crippen LogP contribution in [0.1, 0.15) is 25.0 Å². The average Bonchev–Trinajstić information content (AvgIpc) is 3.96. The fourth-order valence-corrected chi connectivity index (χ4v) is 11.2. The zero-order chi connectivity index (χ0) is 43.0. The van der Waals surface area contributed by atoms with Crippen molar-refractivity contribution in [3.63, 3.8) is 0 Å². The van der Waals surface area contributed by atoms with Crippen LogP contribution < -0.4 is 9.80 Å². The highest BCUT2D eigenvalue weighted by atomic mass is 16.3. The van der Waals surface area contributed by atoms with Crippen LogP contribution in [0.3, 0.4) is 0 Å². The molecule has 12 aromatic rings. The molecule has 2 aromatic heterocycles. The summed E-state index contributed by atoms with van der Waals surface area (Å²) in [5, 5.41) is 7.12. The van der Waals surface area contributed by atoms with Gasteiger partial charge in [-0.2, -0.15) is 0 Å². The highest BCUT2D eigenvalue weighted by Crippen LogP contribution is 2.54. The van der Waals surface area contributed by atoms with Gasteiger partial charge in [0.1, 0.15) is 11.2 Å². The van der Waals surface area contributed by atoms with Gasteiger partial charge in [0.15, 0.2) is 0 Å². The highest BCUT2D eigenvalue weighted by molar-refractivity contribution is 6.15. The molecule has 0 radical (unpaired) electrons. The van der Waals surface area contributed by atoms with Crippen molar-refractivity contribution in [2.45, 2.75) is 19.3 Å². The van der Waals surface area contributed by atoms with E-state index >= 15 is 0 Å². The monoisotopic (exact) mass is 831 g/mol. The SMILES string of the molecule is CC1(C)c2ccc3cc2-c2cc(ccc21)N(c1cccc2c4ccccc4n(-c4cccc5ccccc45)c12)c1cccc(c1)-c1cccc(c1)N3c1ccc2c(c1)oc1ccccc12. The molecule has 0 saturated carbocycles. The highest BCUT2D eigenvalue weighted by Gasteiger charge is 2.37. The molecule has 0 fully saturated rings. The van der Waals surface area contributed by atoms with Gasteiger partial charge in [0.2, 0.25) is 0 Å². The van der Waals surface area contributed by atoms with E-state index in [2.05, 4.69) is 234 Å². The number of benzene rings is 10. The minimum absolute atomic E-state index is 0.195. The summed E-state index contributed by atoms with van der Waals surface area (Å²) >= 11 is 0. The summed E-state index contributed by atoms with van der Waals surface area (Å²) in [6.45, 7) is 4.74. The summed E-state index contributed by atoms with van der Waals surface area (Å²) in [5.74, 6) is 0. The van der Waals surface area contributed by atoms with Crippen molar-refractivity contribution in [1.29, 1.82) is 0 Å². The first-order valence-electron chi connectivity index (χ1n) is 22.5. The molecule has 14 rings (SSSR count). The second-order valence-electron chi connectivity index (χ2n) is 18.2. The number of furan rings is 1. The molecule has 1 aliphatic carbocycles. The molecule has 306 valence electrons. The zero-order valence-corrected chi connectivity index (χ0v) is 36.0. The molecule has 2 aliphatic rings. The van der Waals surface area contributed by atoms with Gasteiger partial charge < -0.3 is 18.8 Å². The summed E-state index contributed by atoms with van der Waals surface area (Å²) in [6, 6.07) is 78.3. The Bertz CT molecular complexity index is 3960. The van der Waals surface area contributed by atoms with E-state index in [4.69, 9.17) is 4.42 Å². The van der Waals surface area contributed by atoms with Crippen molar-refractivity contribution in [1.82, 2.24) is 4.57 Å². The molecule has 10 aromatic carbocycles. The summed E-state index contributed by atoms with van der Waals surface area (Å²) in [4.78, 5) is 4.88. The molecule has 65 heavy (non-hydrogen) atoms. The van der Waals surface area contributed by atoms with E-state index in [-0.39, 0.29) is 5.41 Å². The number of aromatic nitrogens is 1. The van der Waals surface area contributed by atoms with Crippen LogP contribution in [0.2, 0.25) is 0 Å². The van der Waals surface area contributed by atoms with Gasteiger partial charge in [-0.1, -0.05) is 135 Å². The fraction of sp³-hybridized carbons (Fsp3) is 0.0492. The lowest BCUT2D eigenvalue weighted by Gasteiger charge is -2.29. The Morgan fingerprint density at radius 3 is 1.69 bits per heavy atom. The van der Waals surface area contributed by atoms with E-state index in [1.54, 1.807) is 0 Å². The Balaban J connectivity index is 1.05. The maximum atomic E-state index is 6.48. The first-order valence-corrected chi connectivity index (χ1v) is 22.5. The maximum Gasteiger partial charge on any atom is 0.137 e. The van der Waals surface area contributed by atoms with E-state index in [0.717, 1.165) is 72.9 Å². The van der Waals surface area contributed by atoms with Crippen LogP contribution >= 0.6 is 0 Å². The van der Waals surface area contributed by atoms with Gasteiger partial charge in [0.25, 0.3) is 0 Å². The van der Waals surface area contributed by atoms with Crippen LogP contribution in [0.25, 0.3) is 82.5 Å². The lowest BCUT2D eigenvalue weighted by molar-refractivity contribution is 0.660. The average molecular weight is 832 g/mol. The van der Waals surface area contributed by atoms with Crippen molar-refractivity contribution in [3.05, 3.63) is 223 Å². The van der Waals surface area contributed by atoms with Crippen molar-refractivity contribution in [2.24, 2.45) is 0 Å². The summed E-state index contributed by atoms with van der Waals surface area (Å²) < 4.78 is 8.98. The van der Waals surface area contributed by atoms with Crippen LogP contribution in [0.5, 0.6) is 0 Å². The van der Waals surface area contributed by atoms with Crippen molar-refractivity contribution < 1.29 is 4.42 Å². The number of para-hydroxylation sites is 3. The minimum Gasteiger partial charge on any atom is -0.456 e. The van der Waals surface area contributed by atoms with Crippen LogP contribution in [0, 0.1) is 0 Å². The quantitative estimate of drug-likeness (QED) is 0.177. The molecular formula is C61H41N3O. The van der Waals surface area contributed by atoms with Crippen LogP contribution in [0.15, 0.2) is 217 Å². The van der Waals surface area contributed by atoms with Crippen molar-refractivity contribution >= 4 is 88.6 Å². The Labute approximate surface area is 376 Å². The molecule has 0 saturated heterocycles. The molecule has 8 bridgehead atoms. The van der Waals surface area contributed by atoms with Crippen molar-refractivity contribution in [2.75, 3.05) is 9.80 Å². The van der Waals surface area contributed by atoms with E-state index in [9.17, 15) is 0 Å². The number of rotatable bonds is 3. The van der Waals surface area contributed by atoms with Gasteiger partial charge in [-0.3, -0.25) is 0 Å². The predicted molar refractivity (Wildman–Crippen MR) is 271 cm³/mol. The molecule has 0 spiro atoms. The Morgan fingerprint density at radius 2 is 0.908 bits per heavy atom. The number of anilines is 6. The third-order valence-corrected chi connectivity index (χ3v) is 14.2. The normalized spacial score (nSPS) is 13.8. The largest absolute Gasteiger partial charge is 0.456 e. The van der Waals surface area contributed by atoms with E-state index in [0.29, 0.717) is 0 Å². The molecular weight excluding hydrogens is 791 g/mol. The second kappa shape index (κ2) is 13.3. The summed E-state index contributed by atoms with van der Waals surface area (Å²) in [7, 11) is 0. The number of hydrogen-bond donors (Lipinski definition) is 0. The topological polar surface area (TPSA) is 24.6 Å². The van der Waals surface area contributed by atoms with E-state index < -0.39 is 0 Å². The predicted octanol–water partition coefficient (Wildman–Crippen LogP) is 17.1. The molecule has 0 atom stereocenters. The van der Waals surface area contributed by atoms with Gasteiger partial charge in [0, 0.05) is 66.8 Å². The molecule has 0 amide bonds. The van der Waals surface area contributed by atoms with Gasteiger partial charge in [-0.05, 0) is 124 Å². The summed E-state index contributed by atoms with van der Waals surface area (Å²) in [6.07, 6.45) is 0. The van der Waals surface area contributed by atoms with Gasteiger partial charge in [0.05, 0.1) is 22.4 Å². The first kappa shape index (κ1) is 36.2. The van der Waals surface area contributed by atoms with Gasteiger partial charge in [-0.25, -0.2) is 0 Å². The first-order chi connectivity index (χ1) is 32.0. The summed E-state index contributed by atoms with van der Waals surface area (Å²) in [5.41, 5.74) is 19.0. The third-order valence-electron chi connectivity index (χ3n) is 14.2. The fourth-order valence-electron chi connectivity index (χ4n) is 11.2. The van der Waals surface area contributed by atoms with Gasteiger partial charge >= 0.3 is 0 Å². The molecule has 4 nitrogen and oxygen atoms in total.